The first-order chi connectivity index (χ1) is 12.8. The van der Waals surface area contributed by atoms with Crippen molar-refractivity contribution in [2.45, 2.75) is 43.4 Å². The van der Waals surface area contributed by atoms with Gasteiger partial charge >= 0.3 is 0 Å². The molecular weight excluding hydrogens is 388 g/mol. The maximum atomic E-state index is 12.7. The van der Waals surface area contributed by atoms with Gasteiger partial charge in [-0.25, -0.2) is 16.8 Å². The Labute approximate surface area is 161 Å². The van der Waals surface area contributed by atoms with Crippen LogP contribution >= 0.6 is 0 Å². The molecule has 3 rings (SSSR count). The highest BCUT2D eigenvalue weighted by molar-refractivity contribution is 7.91. The van der Waals surface area contributed by atoms with Gasteiger partial charge in [0.2, 0.25) is 15.9 Å². The largest absolute Gasteiger partial charge is 0.326 e. The van der Waals surface area contributed by atoms with Crippen molar-refractivity contribution in [3.8, 4) is 0 Å². The first-order valence-corrected chi connectivity index (χ1v) is 12.6. The average molecular weight is 415 g/mol. The molecule has 0 aliphatic carbocycles. The number of rotatable bonds is 5. The third-order valence-electron chi connectivity index (χ3n) is 5.14. The van der Waals surface area contributed by atoms with Crippen molar-refractivity contribution in [3.63, 3.8) is 0 Å². The number of hydrogen-bond donors (Lipinski definition) is 1. The van der Waals surface area contributed by atoms with Crippen molar-refractivity contribution >= 4 is 31.5 Å². The summed E-state index contributed by atoms with van der Waals surface area (Å²) < 4.78 is 50.0. The second kappa shape index (κ2) is 8.28. The van der Waals surface area contributed by atoms with Gasteiger partial charge in [-0.3, -0.25) is 4.79 Å². The molecule has 9 heteroatoms. The third kappa shape index (κ3) is 5.30. The van der Waals surface area contributed by atoms with Crippen LogP contribution in [0, 0.1) is 5.92 Å². The lowest BCUT2D eigenvalue weighted by molar-refractivity contribution is -0.116. The van der Waals surface area contributed by atoms with Crippen molar-refractivity contribution in [1.29, 1.82) is 0 Å². The molecule has 2 aliphatic heterocycles. The number of amides is 1. The normalized spacial score (nSPS) is 23.6. The van der Waals surface area contributed by atoms with Gasteiger partial charge in [0.15, 0.2) is 9.84 Å². The fourth-order valence-electron chi connectivity index (χ4n) is 3.65. The molecule has 2 saturated heterocycles. The van der Waals surface area contributed by atoms with Gasteiger partial charge in [-0.05, 0) is 49.4 Å². The first kappa shape index (κ1) is 20.3. The number of benzene rings is 1. The Hall–Kier alpha value is -1.45. The van der Waals surface area contributed by atoms with Crippen LogP contribution in [-0.4, -0.2) is 51.6 Å². The van der Waals surface area contributed by atoms with E-state index >= 15 is 0 Å². The van der Waals surface area contributed by atoms with E-state index in [1.54, 1.807) is 12.1 Å². The van der Waals surface area contributed by atoms with E-state index in [2.05, 4.69) is 5.32 Å². The van der Waals surface area contributed by atoms with Crippen LogP contribution in [0.2, 0.25) is 0 Å². The van der Waals surface area contributed by atoms with Crippen LogP contribution in [0.4, 0.5) is 5.69 Å². The minimum absolute atomic E-state index is 0.0629. The summed E-state index contributed by atoms with van der Waals surface area (Å²) in [7, 11) is -6.51. The molecule has 150 valence electrons. The number of nitrogens with one attached hydrogen (secondary N) is 1. The Morgan fingerprint density at radius 3 is 2.26 bits per heavy atom. The second-order valence-corrected chi connectivity index (χ2v) is 11.5. The zero-order chi connectivity index (χ0) is 19.5. The molecule has 2 fully saturated rings. The lowest BCUT2D eigenvalue weighted by atomic mass is 10.1. The molecule has 0 saturated carbocycles. The van der Waals surface area contributed by atoms with Gasteiger partial charge < -0.3 is 5.32 Å². The van der Waals surface area contributed by atoms with Crippen LogP contribution in [-0.2, 0) is 24.7 Å². The zero-order valence-corrected chi connectivity index (χ0v) is 16.9. The molecule has 27 heavy (non-hydrogen) atoms. The summed E-state index contributed by atoms with van der Waals surface area (Å²) in [6.07, 6.45) is 4.54. The monoisotopic (exact) mass is 414 g/mol. The molecule has 1 N–H and O–H groups in total. The molecule has 2 aliphatic rings. The van der Waals surface area contributed by atoms with Crippen LogP contribution in [0.25, 0.3) is 0 Å². The highest BCUT2D eigenvalue weighted by Crippen LogP contribution is 2.24. The predicted octanol–water partition coefficient (Wildman–Crippen LogP) is 2.01. The number of carbonyl (C=O) groups excluding carboxylic acids is 1. The standard InChI is InChI=1S/C18H26N2O5S2/c21-18(13-15-9-12-26(22,23)14-15)19-16-5-7-17(8-6-16)27(24,25)20-10-3-1-2-4-11-20/h5-8,15H,1-4,9-14H2,(H,19,21)/t15-/m1/s1. The molecule has 0 radical (unpaired) electrons. The van der Waals surface area contributed by atoms with E-state index < -0.39 is 19.9 Å². The number of nitrogens with zero attached hydrogens (tertiary/aromatic N) is 1. The zero-order valence-electron chi connectivity index (χ0n) is 15.3. The summed E-state index contributed by atoms with van der Waals surface area (Å²) in [6.45, 7) is 1.09. The smallest absolute Gasteiger partial charge is 0.243 e. The van der Waals surface area contributed by atoms with Gasteiger partial charge in [0, 0.05) is 25.2 Å². The highest BCUT2D eigenvalue weighted by Gasteiger charge is 2.29. The SMILES string of the molecule is O=C(C[C@H]1CCS(=O)(=O)C1)Nc1ccc(S(=O)(=O)N2CCCCCC2)cc1. The molecule has 0 aromatic heterocycles. The Bertz CT molecular complexity index is 871. The fourth-order valence-corrected chi connectivity index (χ4v) is 7.03. The maximum Gasteiger partial charge on any atom is 0.243 e. The molecule has 1 aromatic carbocycles. The average Bonchev–Trinajstić information content (AvgIpc) is 2.80. The Morgan fingerprint density at radius 2 is 1.70 bits per heavy atom. The molecule has 7 nitrogen and oxygen atoms in total. The topological polar surface area (TPSA) is 101 Å². The number of sulfone groups is 1. The molecule has 1 aromatic rings. The van der Waals surface area contributed by atoms with E-state index in [9.17, 15) is 21.6 Å². The van der Waals surface area contributed by atoms with Gasteiger partial charge in [-0.2, -0.15) is 4.31 Å². The summed E-state index contributed by atoms with van der Waals surface area (Å²) in [5, 5.41) is 2.72. The summed E-state index contributed by atoms with van der Waals surface area (Å²) in [4.78, 5) is 12.3. The van der Waals surface area contributed by atoms with Gasteiger partial charge in [0.25, 0.3) is 0 Å². The molecule has 1 amide bonds. The predicted molar refractivity (Wildman–Crippen MR) is 104 cm³/mol. The van der Waals surface area contributed by atoms with Gasteiger partial charge in [0.05, 0.1) is 16.4 Å². The number of hydrogen-bond acceptors (Lipinski definition) is 5. The van der Waals surface area contributed by atoms with E-state index in [1.807, 2.05) is 0 Å². The Kier molecular flexibility index (Phi) is 6.22. The van der Waals surface area contributed by atoms with Crippen molar-refractivity contribution in [3.05, 3.63) is 24.3 Å². The molecular formula is C18H26N2O5S2. The second-order valence-electron chi connectivity index (χ2n) is 7.36. The van der Waals surface area contributed by atoms with E-state index in [0.717, 1.165) is 25.7 Å². The number of sulfonamides is 1. The lowest BCUT2D eigenvalue weighted by Gasteiger charge is -2.20. The van der Waals surface area contributed by atoms with E-state index in [1.165, 1.54) is 16.4 Å². The van der Waals surface area contributed by atoms with E-state index in [0.29, 0.717) is 25.2 Å². The first-order valence-electron chi connectivity index (χ1n) is 9.37. The fraction of sp³-hybridized carbons (Fsp3) is 0.611. The molecule has 0 unspecified atom stereocenters. The summed E-state index contributed by atoms with van der Waals surface area (Å²) >= 11 is 0. The van der Waals surface area contributed by atoms with Gasteiger partial charge in [-0.1, -0.05) is 12.8 Å². The molecule has 2 heterocycles. The summed E-state index contributed by atoms with van der Waals surface area (Å²) in [6, 6.07) is 6.17. The van der Waals surface area contributed by atoms with Crippen molar-refractivity contribution in [1.82, 2.24) is 4.31 Å². The van der Waals surface area contributed by atoms with E-state index in [4.69, 9.17) is 0 Å². The lowest BCUT2D eigenvalue weighted by Crippen LogP contribution is -2.31. The molecule has 1 atom stereocenters. The maximum absolute atomic E-state index is 12.7. The minimum Gasteiger partial charge on any atom is -0.326 e. The van der Waals surface area contributed by atoms with Crippen molar-refractivity contribution in [2.75, 3.05) is 29.9 Å². The van der Waals surface area contributed by atoms with Crippen molar-refractivity contribution < 1.29 is 21.6 Å². The van der Waals surface area contributed by atoms with Crippen molar-refractivity contribution in [2.24, 2.45) is 5.92 Å². The molecule has 0 bridgehead atoms. The van der Waals surface area contributed by atoms with Crippen LogP contribution in [0.3, 0.4) is 0 Å². The Morgan fingerprint density at radius 1 is 1.07 bits per heavy atom. The van der Waals surface area contributed by atoms with Crippen LogP contribution in [0.1, 0.15) is 38.5 Å². The van der Waals surface area contributed by atoms with Crippen LogP contribution in [0.5, 0.6) is 0 Å². The number of anilines is 1. The Balaban J connectivity index is 1.60. The van der Waals surface area contributed by atoms with Gasteiger partial charge in [0.1, 0.15) is 0 Å². The summed E-state index contributed by atoms with van der Waals surface area (Å²) in [5.41, 5.74) is 0.510. The minimum atomic E-state index is -3.51. The van der Waals surface area contributed by atoms with E-state index in [-0.39, 0.29) is 34.6 Å². The van der Waals surface area contributed by atoms with Gasteiger partial charge in [-0.15, -0.1) is 0 Å². The highest BCUT2D eigenvalue weighted by atomic mass is 32.2. The quantitative estimate of drug-likeness (QED) is 0.794. The van der Waals surface area contributed by atoms with Crippen LogP contribution in [0.15, 0.2) is 29.2 Å². The number of carbonyl (C=O) groups is 1. The molecule has 0 spiro atoms. The van der Waals surface area contributed by atoms with Crippen LogP contribution < -0.4 is 5.32 Å². The summed E-state index contributed by atoms with van der Waals surface area (Å²) in [5.74, 6) is -0.181. The third-order valence-corrected chi connectivity index (χ3v) is 8.89.